The number of esters is 1. The minimum atomic E-state index is -0.928. The van der Waals surface area contributed by atoms with Gasteiger partial charge in [0.05, 0.1) is 19.3 Å². The van der Waals surface area contributed by atoms with Gasteiger partial charge in [0.1, 0.15) is 6.61 Å². The number of likely N-dealkylation sites (tertiary alicyclic amines) is 1. The Morgan fingerprint density at radius 2 is 2.25 bits per heavy atom. The van der Waals surface area contributed by atoms with Gasteiger partial charge in [-0.15, -0.1) is 0 Å². The number of hydrogen-bond donors (Lipinski definition) is 1. The molecule has 0 radical (unpaired) electrons. The van der Waals surface area contributed by atoms with Gasteiger partial charge in [-0.05, 0) is 19.8 Å². The molecule has 0 aromatic carbocycles. The molecule has 6 heteroatoms. The van der Waals surface area contributed by atoms with E-state index in [1.807, 2.05) is 0 Å². The third-order valence-electron chi connectivity index (χ3n) is 2.46. The molecule has 16 heavy (non-hydrogen) atoms. The lowest BCUT2D eigenvalue weighted by molar-refractivity contribution is -0.148. The van der Waals surface area contributed by atoms with Crippen LogP contribution in [0.15, 0.2) is 0 Å². The van der Waals surface area contributed by atoms with Gasteiger partial charge in [0.25, 0.3) is 0 Å². The summed E-state index contributed by atoms with van der Waals surface area (Å²) in [4.78, 5) is 23.1. The average molecular weight is 231 g/mol. The zero-order chi connectivity index (χ0) is 12.0. The van der Waals surface area contributed by atoms with Crippen molar-refractivity contribution in [2.75, 3.05) is 26.4 Å². The Hall–Kier alpha value is -1.30. The van der Waals surface area contributed by atoms with Crippen LogP contribution in [-0.2, 0) is 14.3 Å². The van der Waals surface area contributed by atoms with Crippen molar-refractivity contribution in [1.82, 2.24) is 4.90 Å². The molecule has 1 aliphatic rings. The highest BCUT2D eigenvalue weighted by atomic mass is 16.6. The van der Waals surface area contributed by atoms with Crippen LogP contribution in [0.5, 0.6) is 0 Å². The van der Waals surface area contributed by atoms with E-state index in [-0.39, 0.29) is 19.3 Å². The molecule has 1 atom stereocenters. The normalized spacial score (nSPS) is 19.8. The second-order valence-corrected chi connectivity index (χ2v) is 3.59. The first-order valence-electron chi connectivity index (χ1n) is 5.38. The number of carboxylic acid groups (broad SMARTS) is 1. The summed E-state index contributed by atoms with van der Waals surface area (Å²) in [6.07, 6.45) is 0.705. The van der Waals surface area contributed by atoms with Crippen LogP contribution >= 0.6 is 0 Å². The van der Waals surface area contributed by atoms with Crippen LogP contribution in [0.25, 0.3) is 0 Å². The van der Waals surface area contributed by atoms with Crippen molar-refractivity contribution in [3.8, 4) is 0 Å². The minimum Gasteiger partial charge on any atom is -0.465 e. The van der Waals surface area contributed by atoms with Crippen molar-refractivity contribution in [3.05, 3.63) is 0 Å². The summed E-state index contributed by atoms with van der Waals surface area (Å²) >= 11 is 0. The molecule has 1 amide bonds. The van der Waals surface area contributed by atoms with Gasteiger partial charge in [0.15, 0.2) is 0 Å². The van der Waals surface area contributed by atoms with Gasteiger partial charge in [0.2, 0.25) is 0 Å². The van der Waals surface area contributed by atoms with E-state index in [0.717, 1.165) is 12.8 Å². The number of rotatable bonds is 5. The molecular formula is C10H17NO5. The molecule has 0 aromatic rings. The summed E-state index contributed by atoms with van der Waals surface area (Å²) in [7, 11) is 0. The van der Waals surface area contributed by atoms with Crippen LogP contribution in [0.2, 0.25) is 0 Å². The first kappa shape index (κ1) is 12.8. The maximum atomic E-state index is 11.0. The minimum absolute atomic E-state index is 0.113. The van der Waals surface area contributed by atoms with Gasteiger partial charge in [-0.25, -0.2) is 9.59 Å². The van der Waals surface area contributed by atoms with Crippen molar-refractivity contribution < 1.29 is 24.2 Å². The number of ether oxygens (including phenoxy) is 2. The largest absolute Gasteiger partial charge is 0.465 e. The monoisotopic (exact) mass is 231 g/mol. The van der Waals surface area contributed by atoms with Gasteiger partial charge in [-0.1, -0.05) is 0 Å². The molecule has 1 fully saturated rings. The third kappa shape index (κ3) is 3.69. The lowest BCUT2D eigenvalue weighted by atomic mass is 10.2. The van der Waals surface area contributed by atoms with Crippen molar-refractivity contribution in [1.29, 1.82) is 0 Å². The molecule has 1 aliphatic heterocycles. The highest BCUT2D eigenvalue weighted by molar-refractivity contribution is 5.70. The molecule has 1 heterocycles. The smallest absolute Gasteiger partial charge is 0.407 e. The fourth-order valence-electron chi connectivity index (χ4n) is 1.74. The lowest BCUT2D eigenvalue weighted by Crippen LogP contribution is -2.37. The second-order valence-electron chi connectivity index (χ2n) is 3.59. The number of nitrogens with zero attached hydrogens (tertiary/aromatic N) is 1. The topological polar surface area (TPSA) is 76.1 Å². The van der Waals surface area contributed by atoms with Gasteiger partial charge >= 0.3 is 12.1 Å². The molecule has 0 aliphatic carbocycles. The van der Waals surface area contributed by atoms with E-state index >= 15 is 0 Å². The maximum Gasteiger partial charge on any atom is 0.407 e. The van der Waals surface area contributed by atoms with Crippen molar-refractivity contribution in [2.45, 2.75) is 25.8 Å². The molecule has 92 valence electrons. The molecule has 0 spiro atoms. The maximum absolute atomic E-state index is 11.0. The summed E-state index contributed by atoms with van der Waals surface area (Å²) in [5.74, 6) is -0.414. The van der Waals surface area contributed by atoms with E-state index in [9.17, 15) is 9.59 Å². The standard InChI is InChI=1S/C10H17NO5/c1-2-16-9(12)7-15-6-8-4-3-5-11(8)10(13)14/h8H,2-7H2,1H3,(H,13,14)/t8-/m0/s1. The van der Waals surface area contributed by atoms with E-state index in [2.05, 4.69) is 4.74 Å². The molecule has 0 unspecified atom stereocenters. The lowest BCUT2D eigenvalue weighted by Gasteiger charge is -2.20. The van der Waals surface area contributed by atoms with Crippen molar-refractivity contribution >= 4 is 12.1 Å². The highest BCUT2D eigenvalue weighted by Gasteiger charge is 2.28. The quantitative estimate of drug-likeness (QED) is 0.705. The van der Waals surface area contributed by atoms with Crippen molar-refractivity contribution in [2.24, 2.45) is 0 Å². The predicted octanol–water partition coefficient (Wildman–Crippen LogP) is 0.709. The van der Waals surface area contributed by atoms with Crippen LogP contribution < -0.4 is 0 Å². The zero-order valence-corrected chi connectivity index (χ0v) is 9.35. The summed E-state index contributed by atoms with van der Waals surface area (Å²) < 4.78 is 9.82. The van der Waals surface area contributed by atoms with Gasteiger partial charge in [-0.3, -0.25) is 0 Å². The Kier molecular flexibility index (Phi) is 5.04. The molecule has 1 N–H and O–H groups in total. The fraction of sp³-hybridized carbons (Fsp3) is 0.800. The summed E-state index contributed by atoms with van der Waals surface area (Å²) in [5.41, 5.74) is 0. The summed E-state index contributed by atoms with van der Waals surface area (Å²) in [6, 6.07) is -0.132. The molecule has 1 rings (SSSR count). The third-order valence-corrected chi connectivity index (χ3v) is 2.46. The Balaban J connectivity index is 2.22. The van der Waals surface area contributed by atoms with E-state index in [0.29, 0.717) is 13.2 Å². The van der Waals surface area contributed by atoms with Crippen LogP contribution in [0.1, 0.15) is 19.8 Å². The fourth-order valence-corrected chi connectivity index (χ4v) is 1.74. The van der Waals surface area contributed by atoms with E-state index in [1.54, 1.807) is 6.92 Å². The number of carbonyl (C=O) groups is 2. The molecule has 0 saturated carbocycles. The number of carbonyl (C=O) groups excluding carboxylic acids is 1. The molecule has 0 aromatic heterocycles. The van der Waals surface area contributed by atoms with Crippen LogP contribution in [-0.4, -0.2) is 54.5 Å². The van der Waals surface area contributed by atoms with Crippen LogP contribution in [0.3, 0.4) is 0 Å². The Labute approximate surface area is 94.1 Å². The van der Waals surface area contributed by atoms with E-state index in [4.69, 9.17) is 9.84 Å². The average Bonchev–Trinajstić information content (AvgIpc) is 2.66. The predicted molar refractivity (Wildman–Crippen MR) is 55.2 cm³/mol. The zero-order valence-electron chi connectivity index (χ0n) is 9.35. The molecular weight excluding hydrogens is 214 g/mol. The summed E-state index contributed by atoms with van der Waals surface area (Å²) in [6.45, 7) is 2.74. The second kappa shape index (κ2) is 6.32. The Morgan fingerprint density at radius 1 is 1.50 bits per heavy atom. The number of hydrogen-bond acceptors (Lipinski definition) is 4. The van der Waals surface area contributed by atoms with E-state index in [1.165, 1.54) is 4.90 Å². The first-order chi connectivity index (χ1) is 7.65. The SMILES string of the molecule is CCOC(=O)COC[C@@H]1CCCN1C(=O)O. The first-order valence-corrected chi connectivity index (χ1v) is 5.38. The van der Waals surface area contributed by atoms with Crippen LogP contribution in [0.4, 0.5) is 4.79 Å². The molecule has 0 bridgehead atoms. The number of amides is 1. The molecule has 1 saturated heterocycles. The van der Waals surface area contributed by atoms with Gasteiger partial charge in [0, 0.05) is 6.54 Å². The van der Waals surface area contributed by atoms with Gasteiger partial charge < -0.3 is 19.5 Å². The summed E-state index contributed by atoms with van der Waals surface area (Å²) in [5, 5.41) is 8.86. The van der Waals surface area contributed by atoms with Crippen molar-refractivity contribution in [3.63, 3.8) is 0 Å². The Bertz CT molecular complexity index is 256. The van der Waals surface area contributed by atoms with Gasteiger partial charge in [-0.2, -0.15) is 0 Å². The molecule has 6 nitrogen and oxygen atoms in total. The van der Waals surface area contributed by atoms with E-state index < -0.39 is 12.1 Å². The highest BCUT2D eigenvalue weighted by Crippen LogP contribution is 2.17. The van der Waals surface area contributed by atoms with Crippen LogP contribution in [0, 0.1) is 0 Å². The Morgan fingerprint density at radius 3 is 2.88 bits per heavy atom.